The lowest BCUT2D eigenvalue weighted by molar-refractivity contribution is 0.280. The van der Waals surface area contributed by atoms with E-state index in [9.17, 15) is 0 Å². The van der Waals surface area contributed by atoms with Gasteiger partial charge < -0.3 is 20.1 Å². The average Bonchev–Trinajstić information content (AvgIpc) is 2.41. The lowest BCUT2D eigenvalue weighted by atomic mass is 10.2. The number of ether oxygens (including phenoxy) is 2. The van der Waals surface area contributed by atoms with Crippen LogP contribution < -0.4 is 15.2 Å². The minimum atomic E-state index is 0.331. The average molecular weight is 262 g/mol. The summed E-state index contributed by atoms with van der Waals surface area (Å²) in [6.07, 6.45) is 0.975. The molecule has 0 unspecified atom stereocenters. The molecule has 104 valence electrons. The number of hydrogen-bond acceptors (Lipinski definition) is 4. The first kappa shape index (κ1) is 15.4. The fraction of sp³-hybridized carbons (Fsp3) is 0.467. The van der Waals surface area contributed by atoms with Crippen LogP contribution in [0.1, 0.15) is 12.0 Å². The van der Waals surface area contributed by atoms with E-state index in [1.54, 1.807) is 7.11 Å². The van der Waals surface area contributed by atoms with Crippen LogP contribution in [0.3, 0.4) is 0 Å². The largest absolute Gasteiger partial charge is 0.497 e. The van der Waals surface area contributed by atoms with Crippen molar-refractivity contribution in [3.05, 3.63) is 23.8 Å². The smallest absolute Gasteiger partial charge is 0.135 e. The van der Waals surface area contributed by atoms with Crippen molar-refractivity contribution in [3.63, 3.8) is 0 Å². The topological polar surface area (TPSA) is 47.7 Å². The Hall–Kier alpha value is -1.70. The van der Waals surface area contributed by atoms with Crippen molar-refractivity contribution in [2.75, 3.05) is 40.9 Å². The molecule has 0 aromatic heterocycles. The first-order valence-electron chi connectivity index (χ1n) is 6.32. The molecule has 4 heteroatoms. The van der Waals surface area contributed by atoms with Crippen molar-refractivity contribution >= 4 is 0 Å². The summed E-state index contributed by atoms with van der Waals surface area (Å²) in [4.78, 5) is 2.13. The van der Waals surface area contributed by atoms with Gasteiger partial charge in [-0.05, 0) is 38.7 Å². The third-order valence-electron chi connectivity index (χ3n) is 2.52. The normalized spacial score (nSPS) is 9.95. The SMILES string of the molecule is COc1ccc(OCCCN(C)C)c(C#CCN)c1. The van der Waals surface area contributed by atoms with Crippen LogP contribution in [0.5, 0.6) is 11.5 Å². The number of rotatable bonds is 6. The fourth-order valence-corrected chi connectivity index (χ4v) is 1.57. The van der Waals surface area contributed by atoms with Crippen molar-refractivity contribution in [3.8, 4) is 23.3 Å². The van der Waals surface area contributed by atoms with Gasteiger partial charge in [0.15, 0.2) is 0 Å². The van der Waals surface area contributed by atoms with Crippen LogP contribution >= 0.6 is 0 Å². The minimum Gasteiger partial charge on any atom is -0.497 e. The molecule has 1 aromatic carbocycles. The van der Waals surface area contributed by atoms with E-state index in [1.807, 2.05) is 32.3 Å². The van der Waals surface area contributed by atoms with E-state index in [4.69, 9.17) is 15.2 Å². The Morgan fingerprint density at radius 1 is 1.32 bits per heavy atom. The van der Waals surface area contributed by atoms with Crippen LogP contribution in [0.4, 0.5) is 0 Å². The van der Waals surface area contributed by atoms with Crippen LogP contribution in [0.25, 0.3) is 0 Å². The third-order valence-corrected chi connectivity index (χ3v) is 2.52. The Kier molecular flexibility index (Phi) is 6.80. The molecule has 0 radical (unpaired) electrons. The molecular weight excluding hydrogens is 240 g/mol. The molecule has 0 heterocycles. The van der Waals surface area contributed by atoms with E-state index >= 15 is 0 Å². The van der Waals surface area contributed by atoms with Gasteiger partial charge in [0, 0.05) is 6.54 Å². The number of hydrogen-bond donors (Lipinski definition) is 1. The highest BCUT2D eigenvalue weighted by molar-refractivity contribution is 5.50. The molecule has 0 atom stereocenters. The van der Waals surface area contributed by atoms with Crippen molar-refractivity contribution in [2.24, 2.45) is 5.73 Å². The maximum atomic E-state index is 5.76. The summed E-state index contributed by atoms with van der Waals surface area (Å²) in [7, 11) is 5.73. The predicted octanol–water partition coefficient (Wildman–Crippen LogP) is 1.34. The number of nitrogens with zero attached hydrogens (tertiary/aromatic N) is 1. The second-order valence-electron chi connectivity index (χ2n) is 4.37. The van der Waals surface area contributed by atoms with Crippen LogP contribution in [0.15, 0.2) is 18.2 Å². The van der Waals surface area contributed by atoms with E-state index in [2.05, 4.69) is 16.7 Å². The highest BCUT2D eigenvalue weighted by atomic mass is 16.5. The van der Waals surface area contributed by atoms with Crippen LogP contribution in [0, 0.1) is 11.8 Å². The number of methoxy groups -OCH3 is 1. The van der Waals surface area contributed by atoms with Gasteiger partial charge in [-0.25, -0.2) is 0 Å². The monoisotopic (exact) mass is 262 g/mol. The van der Waals surface area contributed by atoms with E-state index in [-0.39, 0.29) is 0 Å². The van der Waals surface area contributed by atoms with E-state index in [0.29, 0.717) is 13.2 Å². The lowest BCUT2D eigenvalue weighted by Crippen LogP contribution is -2.15. The van der Waals surface area contributed by atoms with Gasteiger partial charge in [-0.2, -0.15) is 0 Å². The van der Waals surface area contributed by atoms with E-state index < -0.39 is 0 Å². The summed E-state index contributed by atoms with van der Waals surface area (Å²) in [5.41, 5.74) is 6.22. The summed E-state index contributed by atoms with van der Waals surface area (Å²) < 4.78 is 10.9. The van der Waals surface area contributed by atoms with Crippen molar-refractivity contribution in [1.29, 1.82) is 0 Å². The summed E-state index contributed by atoms with van der Waals surface area (Å²) in [6.45, 7) is 2.00. The van der Waals surface area contributed by atoms with Gasteiger partial charge in [0.1, 0.15) is 11.5 Å². The Morgan fingerprint density at radius 2 is 2.11 bits per heavy atom. The van der Waals surface area contributed by atoms with Crippen molar-refractivity contribution < 1.29 is 9.47 Å². The highest BCUT2D eigenvalue weighted by Gasteiger charge is 2.04. The summed E-state index contributed by atoms with van der Waals surface area (Å²) in [6, 6.07) is 5.62. The van der Waals surface area contributed by atoms with Gasteiger partial charge in [0.05, 0.1) is 25.8 Å². The van der Waals surface area contributed by atoms with Gasteiger partial charge in [-0.3, -0.25) is 0 Å². The zero-order valence-corrected chi connectivity index (χ0v) is 11.9. The van der Waals surface area contributed by atoms with Gasteiger partial charge in [-0.15, -0.1) is 0 Å². The molecule has 0 aliphatic carbocycles. The molecule has 19 heavy (non-hydrogen) atoms. The van der Waals surface area contributed by atoms with Gasteiger partial charge >= 0.3 is 0 Å². The fourth-order valence-electron chi connectivity index (χ4n) is 1.57. The Bertz CT molecular complexity index is 447. The Morgan fingerprint density at radius 3 is 2.74 bits per heavy atom. The quantitative estimate of drug-likeness (QED) is 0.621. The summed E-state index contributed by atoms with van der Waals surface area (Å²) in [5.74, 6) is 7.39. The summed E-state index contributed by atoms with van der Waals surface area (Å²) >= 11 is 0. The zero-order valence-electron chi connectivity index (χ0n) is 11.9. The molecule has 0 saturated heterocycles. The maximum absolute atomic E-state index is 5.76. The molecule has 0 amide bonds. The van der Waals surface area contributed by atoms with Crippen molar-refractivity contribution in [2.45, 2.75) is 6.42 Å². The standard InChI is InChI=1S/C15H22N2O2/c1-17(2)10-5-11-19-15-8-7-14(18-3)12-13(15)6-4-9-16/h7-8,12H,5,9-11,16H2,1-3H3. The number of benzene rings is 1. The molecule has 1 aromatic rings. The number of nitrogens with two attached hydrogens (primary N) is 1. The molecule has 0 spiro atoms. The maximum Gasteiger partial charge on any atom is 0.135 e. The molecule has 1 rings (SSSR count). The molecule has 0 saturated carbocycles. The molecule has 0 bridgehead atoms. The predicted molar refractivity (Wildman–Crippen MR) is 77.6 cm³/mol. The van der Waals surface area contributed by atoms with Gasteiger partial charge in [-0.1, -0.05) is 11.8 Å². The Balaban J connectivity index is 2.70. The minimum absolute atomic E-state index is 0.331. The van der Waals surface area contributed by atoms with Crippen LogP contribution in [-0.4, -0.2) is 45.8 Å². The lowest BCUT2D eigenvalue weighted by Gasteiger charge is -2.12. The zero-order chi connectivity index (χ0) is 14.1. The molecule has 0 fully saturated rings. The second-order valence-corrected chi connectivity index (χ2v) is 4.37. The van der Waals surface area contributed by atoms with E-state index in [0.717, 1.165) is 30.0 Å². The highest BCUT2D eigenvalue weighted by Crippen LogP contribution is 2.23. The molecular formula is C15H22N2O2. The third kappa shape index (κ3) is 5.64. The molecule has 0 aliphatic rings. The first-order chi connectivity index (χ1) is 9.17. The molecule has 0 aliphatic heterocycles. The first-order valence-corrected chi connectivity index (χ1v) is 6.32. The second kappa shape index (κ2) is 8.41. The van der Waals surface area contributed by atoms with E-state index in [1.165, 1.54) is 0 Å². The Labute approximate surface area is 115 Å². The van der Waals surface area contributed by atoms with Crippen LogP contribution in [-0.2, 0) is 0 Å². The van der Waals surface area contributed by atoms with Crippen molar-refractivity contribution in [1.82, 2.24) is 4.90 Å². The molecule has 4 nitrogen and oxygen atoms in total. The van der Waals surface area contributed by atoms with Gasteiger partial charge in [0.25, 0.3) is 0 Å². The summed E-state index contributed by atoms with van der Waals surface area (Å²) in [5, 5.41) is 0. The van der Waals surface area contributed by atoms with Crippen LogP contribution in [0.2, 0.25) is 0 Å². The molecule has 2 N–H and O–H groups in total. The van der Waals surface area contributed by atoms with Gasteiger partial charge in [0.2, 0.25) is 0 Å².